The molecular formula is C18H20ClN3O3. The van der Waals surface area contributed by atoms with E-state index in [4.69, 9.17) is 11.6 Å². The standard InChI is InChI=1S/C18H20ClN3O3/c1-12(2)21-18(23)14-5-8-16(17(11-14)22(24)25)20-10-9-13-3-6-15(19)7-4-13/h3-8,11-12,20H,9-10H2,1-2H3,(H,21,23). The second-order valence-corrected chi connectivity index (χ2v) is 6.36. The topological polar surface area (TPSA) is 84.3 Å². The van der Waals surface area contributed by atoms with Crippen molar-refractivity contribution < 1.29 is 9.72 Å². The van der Waals surface area contributed by atoms with Crippen LogP contribution < -0.4 is 10.6 Å². The number of carbonyl (C=O) groups excluding carboxylic acids is 1. The molecule has 25 heavy (non-hydrogen) atoms. The molecule has 2 aromatic carbocycles. The van der Waals surface area contributed by atoms with Crippen LogP contribution in [0.15, 0.2) is 42.5 Å². The second-order valence-electron chi connectivity index (χ2n) is 5.92. The van der Waals surface area contributed by atoms with Gasteiger partial charge in [-0.25, -0.2) is 0 Å². The van der Waals surface area contributed by atoms with Crippen molar-refractivity contribution in [3.05, 3.63) is 68.7 Å². The first-order chi connectivity index (χ1) is 11.9. The monoisotopic (exact) mass is 361 g/mol. The molecule has 0 aliphatic carbocycles. The average Bonchev–Trinajstić information content (AvgIpc) is 2.56. The van der Waals surface area contributed by atoms with E-state index in [9.17, 15) is 14.9 Å². The van der Waals surface area contributed by atoms with Gasteiger partial charge in [-0.2, -0.15) is 0 Å². The number of hydrogen-bond donors (Lipinski definition) is 2. The Hall–Kier alpha value is -2.60. The minimum atomic E-state index is -0.489. The number of benzene rings is 2. The molecule has 0 unspecified atom stereocenters. The van der Waals surface area contributed by atoms with Crippen LogP contribution in [0.5, 0.6) is 0 Å². The van der Waals surface area contributed by atoms with Gasteiger partial charge in [-0.3, -0.25) is 14.9 Å². The van der Waals surface area contributed by atoms with Gasteiger partial charge in [0.1, 0.15) is 5.69 Å². The SMILES string of the molecule is CC(C)NC(=O)c1ccc(NCCc2ccc(Cl)cc2)c([N+](=O)[O-])c1. The van der Waals surface area contributed by atoms with E-state index in [0.717, 1.165) is 5.56 Å². The molecule has 0 bridgehead atoms. The highest BCUT2D eigenvalue weighted by molar-refractivity contribution is 6.30. The molecule has 132 valence electrons. The van der Waals surface area contributed by atoms with Crippen LogP contribution >= 0.6 is 11.6 Å². The van der Waals surface area contributed by atoms with E-state index < -0.39 is 4.92 Å². The Morgan fingerprint density at radius 2 is 1.88 bits per heavy atom. The number of hydrogen-bond acceptors (Lipinski definition) is 4. The van der Waals surface area contributed by atoms with Crippen LogP contribution in [0.2, 0.25) is 5.02 Å². The highest BCUT2D eigenvalue weighted by Crippen LogP contribution is 2.25. The fourth-order valence-electron chi connectivity index (χ4n) is 2.31. The second kappa shape index (κ2) is 8.48. The lowest BCUT2D eigenvalue weighted by Gasteiger charge is -2.11. The van der Waals surface area contributed by atoms with Crippen LogP contribution in [0, 0.1) is 10.1 Å². The number of rotatable bonds is 7. The Morgan fingerprint density at radius 3 is 2.48 bits per heavy atom. The van der Waals surface area contributed by atoms with Crippen molar-refractivity contribution in [2.75, 3.05) is 11.9 Å². The first kappa shape index (κ1) is 18.7. The van der Waals surface area contributed by atoms with Gasteiger partial charge in [-0.05, 0) is 50.1 Å². The van der Waals surface area contributed by atoms with Crippen molar-refractivity contribution >= 4 is 28.9 Å². The third-order valence-corrected chi connectivity index (χ3v) is 3.77. The van der Waals surface area contributed by atoms with Gasteiger partial charge in [-0.15, -0.1) is 0 Å². The van der Waals surface area contributed by atoms with E-state index in [0.29, 0.717) is 23.7 Å². The van der Waals surface area contributed by atoms with Gasteiger partial charge in [0, 0.05) is 29.2 Å². The van der Waals surface area contributed by atoms with Gasteiger partial charge >= 0.3 is 0 Å². The average molecular weight is 362 g/mol. The zero-order valence-electron chi connectivity index (χ0n) is 14.1. The lowest BCUT2D eigenvalue weighted by molar-refractivity contribution is -0.384. The number of anilines is 1. The van der Waals surface area contributed by atoms with Crippen molar-refractivity contribution in [2.24, 2.45) is 0 Å². The number of nitrogens with zero attached hydrogens (tertiary/aromatic N) is 1. The third kappa shape index (κ3) is 5.46. The molecule has 6 nitrogen and oxygen atoms in total. The Kier molecular flexibility index (Phi) is 6.36. The Morgan fingerprint density at radius 1 is 1.20 bits per heavy atom. The highest BCUT2D eigenvalue weighted by atomic mass is 35.5. The lowest BCUT2D eigenvalue weighted by atomic mass is 10.1. The molecule has 0 saturated carbocycles. The summed E-state index contributed by atoms with van der Waals surface area (Å²) < 4.78 is 0. The number of nitro groups is 1. The molecule has 2 aromatic rings. The predicted molar refractivity (Wildman–Crippen MR) is 99.3 cm³/mol. The molecule has 0 saturated heterocycles. The van der Waals surface area contributed by atoms with Gasteiger partial charge in [0.2, 0.25) is 0 Å². The number of halogens is 1. The number of nitro benzene ring substituents is 1. The van der Waals surface area contributed by atoms with Gasteiger partial charge in [0.15, 0.2) is 0 Å². The summed E-state index contributed by atoms with van der Waals surface area (Å²) in [4.78, 5) is 22.8. The van der Waals surface area contributed by atoms with Crippen LogP contribution in [0.4, 0.5) is 11.4 Å². The van der Waals surface area contributed by atoms with E-state index >= 15 is 0 Å². The smallest absolute Gasteiger partial charge is 0.293 e. The maximum Gasteiger partial charge on any atom is 0.293 e. The zero-order chi connectivity index (χ0) is 18.4. The fourth-order valence-corrected chi connectivity index (χ4v) is 2.44. The minimum Gasteiger partial charge on any atom is -0.379 e. The molecule has 0 aromatic heterocycles. The summed E-state index contributed by atoms with van der Waals surface area (Å²) in [6, 6.07) is 11.8. The van der Waals surface area contributed by atoms with Crippen molar-refractivity contribution in [1.82, 2.24) is 5.32 Å². The molecule has 1 amide bonds. The molecule has 0 radical (unpaired) electrons. The summed E-state index contributed by atoms with van der Waals surface area (Å²) in [6.07, 6.45) is 0.698. The minimum absolute atomic E-state index is 0.0382. The molecule has 0 aliphatic heterocycles. The summed E-state index contributed by atoms with van der Waals surface area (Å²) in [5.41, 5.74) is 1.61. The van der Waals surface area contributed by atoms with Gasteiger partial charge in [0.05, 0.1) is 4.92 Å². The first-order valence-electron chi connectivity index (χ1n) is 7.94. The van der Waals surface area contributed by atoms with Crippen LogP contribution in [0.3, 0.4) is 0 Å². The fraction of sp³-hybridized carbons (Fsp3) is 0.278. The maximum atomic E-state index is 12.0. The largest absolute Gasteiger partial charge is 0.379 e. The van der Waals surface area contributed by atoms with E-state index in [2.05, 4.69) is 10.6 Å². The summed E-state index contributed by atoms with van der Waals surface area (Å²) >= 11 is 5.85. The molecule has 0 heterocycles. The number of nitrogens with one attached hydrogen (secondary N) is 2. The lowest BCUT2D eigenvalue weighted by Crippen LogP contribution is -2.30. The quantitative estimate of drug-likeness (QED) is 0.575. The van der Waals surface area contributed by atoms with E-state index in [-0.39, 0.29) is 23.2 Å². The van der Waals surface area contributed by atoms with Gasteiger partial charge < -0.3 is 10.6 Å². The van der Waals surface area contributed by atoms with E-state index in [1.165, 1.54) is 6.07 Å². The third-order valence-electron chi connectivity index (χ3n) is 3.52. The van der Waals surface area contributed by atoms with E-state index in [1.54, 1.807) is 12.1 Å². The van der Waals surface area contributed by atoms with Crippen molar-refractivity contribution in [3.8, 4) is 0 Å². The van der Waals surface area contributed by atoms with Crippen molar-refractivity contribution in [1.29, 1.82) is 0 Å². The normalized spacial score (nSPS) is 10.6. The van der Waals surface area contributed by atoms with Crippen molar-refractivity contribution in [3.63, 3.8) is 0 Å². The summed E-state index contributed by atoms with van der Waals surface area (Å²) in [5, 5.41) is 17.8. The Labute approximate surface area is 151 Å². The van der Waals surface area contributed by atoms with Gasteiger partial charge in [0.25, 0.3) is 11.6 Å². The first-order valence-corrected chi connectivity index (χ1v) is 8.32. The van der Waals surface area contributed by atoms with Crippen LogP contribution in [0.1, 0.15) is 29.8 Å². The molecule has 0 aliphatic rings. The summed E-state index contributed by atoms with van der Waals surface area (Å²) in [5.74, 6) is -0.328. The molecule has 0 fully saturated rings. The molecule has 0 spiro atoms. The molecule has 7 heteroatoms. The Balaban J connectivity index is 2.07. The van der Waals surface area contributed by atoms with Gasteiger partial charge in [-0.1, -0.05) is 23.7 Å². The van der Waals surface area contributed by atoms with Crippen LogP contribution in [-0.2, 0) is 6.42 Å². The molecule has 2 N–H and O–H groups in total. The molecule has 2 rings (SSSR count). The summed E-state index contributed by atoms with van der Waals surface area (Å²) in [7, 11) is 0. The van der Waals surface area contributed by atoms with Crippen LogP contribution in [0.25, 0.3) is 0 Å². The van der Waals surface area contributed by atoms with E-state index in [1.807, 2.05) is 38.1 Å². The maximum absolute atomic E-state index is 12.0. The van der Waals surface area contributed by atoms with Crippen LogP contribution in [-0.4, -0.2) is 23.4 Å². The Bertz CT molecular complexity index is 761. The summed E-state index contributed by atoms with van der Waals surface area (Å²) in [6.45, 7) is 4.19. The van der Waals surface area contributed by atoms with Crippen molar-refractivity contribution in [2.45, 2.75) is 26.3 Å². The molecular weight excluding hydrogens is 342 g/mol. The number of amides is 1. The zero-order valence-corrected chi connectivity index (χ0v) is 14.8. The predicted octanol–water partition coefficient (Wildman–Crippen LogP) is 4.04. The molecule has 0 atom stereocenters. The highest BCUT2D eigenvalue weighted by Gasteiger charge is 2.17. The number of carbonyl (C=O) groups is 1.